The quantitative estimate of drug-likeness (QED) is 0.883. The molecule has 0 bridgehead atoms. The van der Waals surface area contributed by atoms with Crippen LogP contribution in [0.1, 0.15) is 29.8 Å². The fourth-order valence-corrected chi connectivity index (χ4v) is 2.86. The van der Waals surface area contributed by atoms with Gasteiger partial charge in [0, 0.05) is 30.4 Å². The molecule has 1 fully saturated rings. The zero-order chi connectivity index (χ0) is 14.9. The fraction of sp³-hybridized carbons (Fsp3) is 0.467. The number of H-pyrrole nitrogens is 1. The zero-order valence-corrected chi connectivity index (χ0v) is 12.2. The van der Waals surface area contributed by atoms with Crippen LogP contribution in [-0.4, -0.2) is 37.5 Å². The molecule has 2 aliphatic rings. The lowest BCUT2D eigenvalue weighted by atomic mass is 10.0. The first kappa shape index (κ1) is 13.2. The van der Waals surface area contributed by atoms with Gasteiger partial charge in [0.05, 0.1) is 24.5 Å². The van der Waals surface area contributed by atoms with Crippen molar-refractivity contribution in [1.82, 2.24) is 25.1 Å². The maximum Gasteiger partial charge on any atom is 0.226 e. The average Bonchev–Trinajstić information content (AvgIpc) is 3.34. The van der Waals surface area contributed by atoms with Crippen LogP contribution in [0.4, 0.5) is 5.95 Å². The Morgan fingerprint density at radius 1 is 1.36 bits per heavy atom. The number of amides is 1. The van der Waals surface area contributed by atoms with E-state index in [0.29, 0.717) is 24.9 Å². The third-order valence-corrected chi connectivity index (χ3v) is 4.24. The summed E-state index contributed by atoms with van der Waals surface area (Å²) in [7, 11) is 0. The molecule has 4 rings (SSSR count). The van der Waals surface area contributed by atoms with Crippen LogP contribution >= 0.6 is 0 Å². The number of nitrogens with zero attached hydrogens (tertiary/aromatic N) is 4. The fourth-order valence-electron chi connectivity index (χ4n) is 2.86. The lowest BCUT2D eigenvalue weighted by molar-refractivity contribution is -0.133. The molecule has 2 N–H and O–H groups in total. The summed E-state index contributed by atoms with van der Waals surface area (Å²) in [6, 6.07) is 1.78. The molecule has 22 heavy (non-hydrogen) atoms. The predicted octanol–water partition coefficient (Wildman–Crippen LogP) is 1.11. The van der Waals surface area contributed by atoms with Crippen LogP contribution in [0, 0.1) is 5.92 Å². The van der Waals surface area contributed by atoms with Crippen molar-refractivity contribution in [2.75, 3.05) is 11.9 Å². The number of anilines is 1. The van der Waals surface area contributed by atoms with Crippen molar-refractivity contribution in [3.8, 4) is 0 Å². The number of rotatable bonds is 4. The largest absolute Gasteiger partial charge is 0.348 e. The van der Waals surface area contributed by atoms with Crippen LogP contribution in [0.15, 0.2) is 18.5 Å². The molecule has 1 aliphatic carbocycles. The van der Waals surface area contributed by atoms with Gasteiger partial charge >= 0.3 is 0 Å². The summed E-state index contributed by atoms with van der Waals surface area (Å²) < 4.78 is 0. The molecule has 3 heterocycles. The molecule has 0 aromatic carbocycles. The van der Waals surface area contributed by atoms with E-state index in [9.17, 15) is 4.79 Å². The highest BCUT2D eigenvalue weighted by atomic mass is 16.2. The Balaban J connectivity index is 1.43. The van der Waals surface area contributed by atoms with E-state index in [4.69, 9.17) is 0 Å². The third-order valence-electron chi connectivity index (χ3n) is 4.24. The third kappa shape index (κ3) is 2.54. The highest BCUT2D eigenvalue weighted by Gasteiger charge is 2.35. The van der Waals surface area contributed by atoms with E-state index in [0.717, 1.165) is 37.2 Å². The highest BCUT2D eigenvalue weighted by molar-refractivity contribution is 5.81. The minimum atomic E-state index is 0.279. The summed E-state index contributed by atoms with van der Waals surface area (Å²) in [5, 5.41) is 10.6. The number of aromatic amines is 1. The molecule has 2 aromatic rings. The molecule has 1 amide bonds. The van der Waals surface area contributed by atoms with E-state index in [-0.39, 0.29) is 5.92 Å². The molecular formula is C15H18N6O. The molecule has 1 aliphatic heterocycles. The van der Waals surface area contributed by atoms with Crippen LogP contribution in [-0.2, 0) is 24.3 Å². The van der Waals surface area contributed by atoms with Gasteiger partial charge in [-0.05, 0) is 25.3 Å². The lowest BCUT2D eigenvalue weighted by Gasteiger charge is -2.27. The van der Waals surface area contributed by atoms with Gasteiger partial charge in [-0.1, -0.05) is 0 Å². The van der Waals surface area contributed by atoms with E-state index >= 15 is 0 Å². The van der Waals surface area contributed by atoms with Crippen LogP contribution in [0.2, 0.25) is 0 Å². The Bertz CT molecular complexity index is 679. The second-order valence-electron chi connectivity index (χ2n) is 5.84. The van der Waals surface area contributed by atoms with Crippen molar-refractivity contribution in [2.45, 2.75) is 32.4 Å². The number of hydrogen-bond donors (Lipinski definition) is 2. The Hall–Kier alpha value is -2.44. The molecule has 0 saturated heterocycles. The molecule has 0 unspecified atom stereocenters. The first-order valence-electron chi connectivity index (χ1n) is 7.66. The van der Waals surface area contributed by atoms with Gasteiger partial charge in [-0.25, -0.2) is 9.97 Å². The predicted molar refractivity (Wildman–Crippen MR) is 79.8 cm³/mol. The number of carbonyl (C=O) groups excluding carboxylic acids is 1. The van der Waals surface area contributed by atoms with Gasteiger partial charge < -0.3 is 10.2 Å². The van der Waals surface area contributed by atoms with Crippen molar-refractivity contribution >= 4 is 11.9 Å². The van der Waals surface area contributed by atoms with Gasteiger partial charge in [0.25, 0.3) is 0 Å². The van der Waals surface area contributed by atoms with Crippen molar-refractivity contribution in [2.24, 2.45) is 5.92 Å². The number of hydrogen-bond acceptors (Lipinski definition) is 5. The van der Waals surface area contributed by atoms with Gasteiger partial charge in [0.2, 0.25) is 11.9 Å². The molecule has 0 atom stereocenters. The number of fused-ring (bicyclic) bond motifs is 1. The summed E-state index contributed by atoms with van der Waals surface area (Å²) in [5.74, 6) is 1.18. The van der Waals surface area contributed by atoms with Crippen molar-refractivity contribution in [3.05, 3.63) is 35.4 Å². The Morgan fingerprint density at radius 3 is 2.95 bits per heavy atom. The molecule has 1 saturated carbocycles. The summed E-state index contributed by atoms with van der Waals surface area (Å²) in [4.78, 5) is 22.4. The molecule has 2 aromatic heterocycles. The first-order valence-corrected chi connectivity index (χ1v) is 7.66. The number of aromatic nitrogens is 4. The number of carbonyl (C=O) groups is 1. The zero-order valence-electron chi connectivity index (χ0n) is 12.2. The van der Waals surface area contributed by atoms with Gasteiger partial charge in [-0.2, -0.15) is 5.10 Å². The SMILES string of the molecule is O=C(C1CC1)N1CCc2c(CNc3ncccn3)n[nH]c2C1. The van der Waals surface area contributed by atoms with Gasteiger partial charge in [-0.15, -0.1) is 0 Å². The molecule has 7 heteroatoms. The van der Waals surface area contributed by atoms with Crippen LogP contribution in [0.25, 0.3) is 0 Å². The van der Waals surface area contributed by atoms with E-state index in [1.807, 2.05) is 4.90 Å². The second kappa shape index (κ2) is 5.40. The molecule has 7 nitrogen and oxygen atoms in total. The molecule has 0 radical (unpaired) electrons. The topological polar surface area (TPSA) is 86.8 Å². The van der Waals surface area contributed by atoms with E-state index in [1.165, 1.54) is 5.56 Å². The normalized spacial score (nSPS) is 17.2. The summed E-state index contributed by atoms with van der Waals surface area (Å²) in [5.41, 5.74) is 3.27. The Labute approximate surface area is 128 Å². The van der Waals surface area contributed by atoms with Gasteiger partial charge in [-0.3, -0.25) is 9.89 Å². The molecule has 114 valence electrons. The molecular weight excluding hydrogens is 280 g/mol. The second-order valence-corrected chi connectivity index (χ2v) is 5.84. The van der Waals surface area contributed by atoms with Gasteiger partial charge in [0.1, 0.15) is 0 Å². The maximum absolute atomic E-state index is 12.2. The smallest absolute Gasteiger partial charge is 0.226 e. The van der Waals surface area contributed by atoms with Crippen LogP contribution < -0.4 is 5.32 Å². The van der Waals surface area contributed by atoms with Crippen molar-refractivity contribution in [1.29, 1.82) is 0 Å². The summed E-state index contributed by atoms with van der Waals surface area (Å²) in [6.07, 6.45) is 6.37. The maximum atomic E-state index is 12.2. The first-order chi connectivity index (χ1) is 10.8. The van der Waals surface area contributed by atoms with E-state index < -0.39 is 0 Å². The summed E-state index contributed by atoms with van der Waals surface area (Å²) in [6.45, 7) is 2.03. The van der Waals surface area contributed by atoms with E-state index in [2.05, 4.69) is 25.5 Å². The van der Waals surface area contributed by atoms with Crippen molar-refractivity contribution in [3.63, 3.8) is 0 Å². The number of nitrogens with one attached hydrogen (secondary N) is 2. The van der Waals surface area contributed by atoms with Crippen molar-refractivity contribution < 1.29 is 4.79 Å². The Kier molecular flexibility index (Phi) is 3.25. The van der Waals surface area contributed by atoms with E-state index in [1.54, 1.807) is 18.5 Å². The average molecular weight is 298 g/mol. The van der Waals surface area contributed by atoms with Crippen LogP contribution in [0.3, 0.4) is 0 Å². The Morgan fingerprint density at radius 2 is 2.18 bits per heavy atom. The monoisotopic (exact) mass is 298 g/mol. The summed E-state index contributed by atoms with van der Waals surface area (Å²) >= 11 is 0. The van der Waals surface area contributed by atoms with Gasteiger partial charge in [0.15, 0.2) is 0 Å². The minimum Gasteiger partial charge on any atom is -0.348 e. The lowest BCUT2D eigenvalue weighted by Crippen LogP contribution is -2.37. The van der Waals surface area contributed by atoms with Crippen LogP contribution in [0.5, 0.6) is 0 Å². The standard InChI is InChI=1S/C15H18N6O/c22-14(10-2-3-10)21-7-4-11-12(19-20-13(11)9-21)8-18-15-16-5-1-6-17-15/h1,5-6,10H,2-4,7-9H2,(H,19,20)(H,16,17,18). The minimum absolute atomic E-state index is 0.279. The molecule has 0 spiro atoms. The highest BCUT2D eigenvalue weighted by Crippen LogP contribution is 2.32.